The number of hydrogen-bond acceptors (Lipinski definition) is 1. The molecule has 0 bridgehead atoms. The molecule has 2 rings (SSSR count). The van der Waals surface area contributed by atoms with Gasteiger partial charge in [0.25, 0.3) is 0 Å². The van der Waals surface area contributed by atoms with Gasteiger partial charge in [0.2, 0.25) is 0 Å². The summed E-state index contributed by atoms with van der Waals surface area (Å²) in [4.78, 5) is 0. The van der Waals surface area contributed by atoms with Gasteiger partial charge in [-0.25, -0.2) is 0 Å². The van der Waals surface area contributed by atoms with Crippen LogP contribution in [0.25, 0.3) is 0 Å². The van der Waals surface area contributed by atoms with E-state index in [-0.39, 0.29) is 0 Å². The zero-order valence-corrected chi connectivity index (χ0v) is 8.15. The van der Waals surface area contributed by atoms with Crippen molar-refractivity contribution in [3.8, 4) is 0 Å². The molecule has 0 aromatic carbocycles. The molecule has 2 fully saturated rings. The molecule has 0 unspecified atom stereocenters. The van der Waals surface area contributed by atoms with E-state index >= 15 is 0 Å². The lowest BCUT2D eigenvalue weighted by atomic mass is 9.80. The van der Waals surface area contributed by atoms with Gasteiger partial charge in [-0.3, -0.25) is 0 Å². The standard InChI is InChI=1S/C11H18O/c1-11(2)8-12-10(11)9-6-4-3-5-7-9/h3-8H2,1-2H3. The smallest absolute Gasteiger partial charge is 0.104 e. The third kappa shape index (κ3) is 1.26. The van der Waals surface area contributed by atoms with Crippen LogP contribution in [0.15, 0.2) is 11.3 Å². The number of ether oxygens (including phenoxy) is 1. The van der Waals surface area contributed by atoms with E-state index in [0.29, 0.717) is 5.41 Å². The molecular formula is C11H18O. The highest BCUT2D eigenvalue weighted by Crippen LogP contribution is 2.43. The van der Waals surface area contributed by atoms with Crippen LogP contribution in [0.4, 0.5) is 0 Å². The molecule has 0 N–H and O–H groups in total. The van der Waals surface area contributed by atoms with Crippen molar-refractivity contribution in [2.45, 2.75) is 46.0 Å². The predicted molar refractivity (Wildman–Crippen MR) is 49.8 cm³/mol. The normalized spacial score (nSPS) is 27.8. The van der Waals surface area contributed by atoms with E-state index in [4.69, 9.17) is 4.74 Å². The van der Waals surface area contributed by atoms with Gasteiger partial charge in [0.1, 0.15) is 5.76 Å². The molecular weight excluding hydrogens is 148 g/mol. The average Bonchev–Trinajstić information content (AvgIpc) is 2.05. The van der Waals surface area contributed by atoms with Crippen LogP contribution in [0.5, 0.6) is 0 Å². The molecule has 1 saturated heterocycles. The van der Waals surface area contributed by atoms with Crippen LogP contribution in [0.1, 0.15) is 46.0 Å². The first kappa shape index (κ1) is 8.15. The van der Waals surface area contributed by atoms with Crippen LogP contribution in [0.3, 0.4) is 0 Å². The van der Waals surface area contributed by atoms with E-state index < -0.39 is 0 Å². The van der Waals surface area contributed by atoms with Crippen molar-refractivity contribution in [1.82, 2.24) is 0 Å². The molecule has 1 aliphatic heterocycles. The number of rotatable bonds is 0. The van der Waals surface area contributed by atoms with Gasteiger partial charge >= 0.3 is 0 Å². The molecule has 0 aromatic heterocycles. The van der Waals surface area contributed by atoms with Crippen molar-refractivity contribution < 1.29 is 4.74 Å². The summed E-state index contributed by atoms with van der Waals surface area (Å²) in [6, 6.07) is 0. The van der Waals surface area contributed by atoms with Crippen LogP contribution in [-0.4, -0.2) is 6.61 Å². The van der Waals surface area contributed by atoms with Gasteiger partial charge < -0.3 is 4.74 Å². The van der Waals surface area contributed by atoms with E-state index in [1.54, 1.807) is 5.57 Å². The maximum absolute atomic E-state index is 5.57. The molecule has 12 heavy (non-hydrogen) atoms. The summed E-state index contributed by atoms with van der Waals surface area (Å²) in [6.07, 6.45) is 6.74. The van der Waals surface area contributed by atoms with Crippen molar-refractivity contribution in [3.05, 3.63) is 11.3 Å². The Morgan fingerprint density at radius 1 is 1.08 bits per heavy atom. The summed E-state index contributed by atoms with van der Waals surface area (Å²) in [6.45, 7) is 5.49. The maximum Gasteiger partial charge on any atom is 0.104 e. The van der Waals surface area contributed by atoms with Crippen molar-refractivity contribution in [1.29, 1.82) is 0 Å². The fourth-order valence-corrected chi connectivity index (χ4v) is 2.22. The van der Waals surface area contributed by atoms with Gasteiger partial charge in [-0.1, -0.05) is 6.42 Å². The molecule has 0 aromatic rings. The van der Waals surface area contributed by atoms with Crippen molar-refractivity contribution in [3.63, 3.8) is 0 Å². The molecule has 0 radical (unpaired) electrons. The van der Waals surface area contributed by atoms with E-state index in [2.05, 4.69) is 13.8 Å². The monoisotopic (exact) mass is 166 g/mol. The predicted octanol–water partition coefficient (Wildman–Crippen LogP) is 3.26. The van der Waals surface area contributed by atoms with Crippen molar-refractivity contribution in [2.24, 2.45) is 5.41 Å². The molecule has 0 amide bonds. The first-order valence-electron chi connectivity index (χ1n) is 5.05. The zero-order chi connectivity index (χ0) is 8.60. The van der Waals surface area contributed by atoms with Crippen LogP contribution in [0, 0.1) is 5.41 Å². The number of hydrogen-bond donors (Lipinski definition) is 0. The second kappa shape index (κ2) is 2.79. The van der Waals surface area contributed by atoms with E-state index in [1.807, 2.05) is 0 Å². The molecule has 0 atom stereocenters. The molecule has 2 aliphatic rings. The summed E-state index contributed by atoms with van der Waals surface area (Å²) < 4.78 is 5.57. The summed E-state index contributed by atoms with van der Waals surface area (Å²) in [5.74, 6) is 1.32. The van der Waals surface area contributed by atoms with Gasteiger partial charge in [-0.15, -0.1) is 0 Å². The van der Waals surface area contributed by atoms with E-state index in [9.17, 15) is 0 Å². The van der Waals surface area contributed by atoms with Gasteiger partial charge in [-0.05, 0) is 45.1 Å². The van der Waals surface area contributed by atoms with Crippen molar-refractivity contribution >= 4 is 0 Å². The summed E-state index contributed by atoms with van der Waals surface area (Å²) in [5.41, 5.74) is 1.96. The number of allylic oxidation sites excluding steroid dienone is 1. The third-order valence-corrected chi connectivity index (χ3v) is 2.97. The Hall–Kier alpha value is -0.460. The fraction of sp³-hybridized carbons (Fsp3) is 0.818. The van der Waals surface area contributed by atoms with Gasteiger partial charge in [0, 0.05) is 0 Å². The third-order valence-electron chi connectivity index (χ3n) is 2.97. The lowest BCUT2D eigenvalue weighted by Crippen LogP contribution is -2.35. The zero-order valence-electron chi connectivity index (χ0n) is 8.15. The largest absolute Gasteiger partial charge is 0.496 e. The first-order valence-corrected chi connectivity index (χ1v) is 5.05. The Morgan fingerprint density at radius 3 is 2.17 bits per heavy atom. The molecule has 1 heterocycles. The van der Waals surface area contributed by atoms with Crippen molar-refractivity contribution in [2.75, 3.05) is 6.61 Å². The Labute approximate surface area is 74.8 Å². The Balaban J connectivity index is 2.13. The Morgan fingerprint density at radius 2 is 1.75 bits per heavy atom. The lowest BCUT2D eigenvalue weighted by molar-refractivity contribution is -0.0154. The summed E-state index contributed by atoms with van der Waals surface area (Å²) >= 11 is 0. The highest BCUT2D eigenvalue weighted by Gasteiger charge is 2.37. The highest BCUT2D eigenvalue weighted by molar-refractivity contribution is 5.21. The molecule has 0 spiro atoms. The molecule has 1 heteroatoms. The molecule has 1 aliphatic carbocycles. The quantitative estimate of drug-likeness (QED) is 0.536. The van der Waals surface area contributed by atoms with Gasteiger partial charge in [0.05, 0.1) is 12.0 Å². The van der Waals surface area contributed by atoms with Crippen LogP contribution in [0.2, 0.25) is 0 Å². The first-order chi connectivity index (χ1) is 5.70. The van der Waals surface area contributed by atoms with E-state index in [0.717, 1.165) is 6.61 Å². The summed E-state index contributed by atoms with van der Waals surface area (Å²) in [5, 5.41) is 0. The van der Waals surface area contributed by atoms with Crippen LogP contribution in [-0.2, 0) is 4.74 Å². The molecule has 1 saturated carbocycles. The second-order valence-electron chi connectivity index (χ2n) is 4.67. The topological polar surface area (TPSA) is 9.23 Å². The SMILES string of the molecule is CC1(C)COC1=C1CCCCC1. The minimum Gasteiger partial charge on any atom is -0.496 e. The van der Waals surface area contributed by atoms with Crippen LogP contribution < -0.4 is 0 Å². The van der Waals surface area contributed by atoms with Crippen LogP contribution >= 0.6 is 0 Å². The summed E-state index contributed by atoms with van der Waals surface area (Å²) in [7, 11) is 0. The Bertz CT molecular complexity index is 205. The van der Waals surface area contributed by atoms with Gasteiger partial charge in [-0.2, -0.15) is 0 Å². The lowest BCUT2D eigenvalue weighted by Gasteiger charge is -2.41. The highest BCUT2D eigenvalue weighted by atomic mass is 16.5. The molecule has 68 valence electrons. The minimum absolute atomic E-state index is 0.354. The second-order valence-corrected chi connectivity index (χ2v) is 4.67. The fourth-order valence-electron chi connectivity index (χ4n) is 2.22. The minimum atomic E-state index is 0.354. The van der Waals surface area contributed by atoms with E-state index in [1.165, 1.54) is 37.9 Å². The Kier molecular flexibility index (Phi) is 1.90. The average molecular weight is 166 g/mol. The molecule has 1 nitrogen and oxygen atoms in total. The maximum atomic E-state index is 5.57. The van der Waals surface area contributed by atoms with Gasteiger partial charge in [0.15, 0.2) is 0 Å².